The van der Waals surface area contributed by atoms with Crippen molar-refractivity contribution in [2.75, 3.05) is 19.8 Å². The van der Waals surface area contributed by atoms with Gasteiger partial charge in [0.1, 0.15) is 0 Å². The quantitative estimate of drug-likeness (QED) is 0.713. The number of ether oxygens (including phenoxy) is 1. The topological polar surface area (TPSA) is 41.5 Å². The predicted octanol–water partition coefficient (Wildman–Crippen LogP) is 2.97. The molecule has 0 spiro atoms. The van der Waals surface area contributed by atoms with E-state index in [-0.39, 0.29) is 12.1 Å². The molecule has 1 aliphatic rings. The average Bonchev–Trinajstić information content (AvgIpc) is 2.40. The molecule has 0 aromatic carbocycles. The Kier molecular flexibility index (Phi) is 7.33. The molecule has 0 aliphatic heterocycles. The van der Waals surface area contributed by atoms with Crippen molar-refractivity contribution in [3.05, 3.63) is 0 Å². The van der Waals surface area contributed by atoms with E-state index in [4.69, 9.17) is 4.74 Å². The van der Waals surface area contributed by atoms with Gasteiger partial charge < -0.3 is 15.2 Å². The number of nitrogens with one attached hydrogen (secondary N) is 1. The third-order valence-electron chi connectivity index (χ3n) is 4.71. The Morgan fingerprint density at radius 1 is 1.26 bits per heavy atom. The second-order valence-corrected chi connectivity index (χ2v) is 6.66. The lowest BCUT2D eigenvalue weighted by molar-refractivity contribution is -0.00979. The van der Waals surface area contributed by atoms with Crippen LogP contribution < -0.4 is 5.32 Å². The highest BCUT2D eigenvalue weighted by Gasteiger charge is 2.26. The van der Waals surface area contributed by atoms with Crippen molar-refractivity contribution in [1.29, 1.82) is 0 Å². The summed E-state index contributed by atoms with van der Waals surface area (Å²) < 4.78 is 6.03. The van der Waals surface area contributed by atoms with Crippen LogP contribution in [0.15, 0.2) is 0 Å². The van der Waals surface area contributed by atoms with Gasteiger partial charge in [-0.15, -0.1) is 0 Å². The fourth-order valence-corrected chi connectivity index (χ4v) is 2.75. The smallest absolute Gasteiger partial charge is 0.0611 e. The van der Waals surface area contributed by atoms with Crippen molar-refractivity contribution >= 4 is 0 Å². The number of hydrogen-bond donors (Lipinski definition) is 2. The van der Waals surface area contributed by atoms with E-state index in [1.807, 2.05) is 0 Å². The van der Waals surface area contributed by atoms with Gasteiger partial charge in [-0.1, -0.05) is 20.8 Å². The third-order valence-corrected chi connectivity index (χ3v) is 4.71. The minimum atomic E-state index is -0.191. The molecule has 0 aromatic rings. The highest BCUT2D eigenvalue weighted by Crippen LogP contribution is 2.31. The molecule has 1 fully saturated rings. The van der Waals surface area contributed by atoms with Crippen LogP contribution in [0.4, 0.5) is 0 Å². The van der Waals surface area contributed by atoms with Crippen LogP contribution in [0.3, 0.4) is 0 Å². The Morgan fingerprint density at radius 3 is 2.58 bits per heavy atom. The summed E-state index contributed by atoms with van der Waals surface area (Å²) in [7, 11) is 0. The van der Waals surface area contributed by atoms with E-state index in [1.165, 1.54) is 19.3 Å². The summed E-state index contributed by atoms with van der Waals surface area (Å²) in [6, 6.07) is 0. The van der Waals surface area contributed by atoms with E-state index >= 15 is 0 Å². The normalized spacial score (nSPS) is 31.1. The molecule has 4 atom stereocenters. The molecule has 0 radical (unpaired) electrons. The molecule has 3 heteroatoms. The van der Waals surface area contributed by atoms with Gasteiger partial charge in [0, 0.05) is 12.1 Å². The first-order valence-corrected chi connectivity index (χ1v) is 7.98. The molecular formula is C16H33NO2. The number of rotatable bonds is 8. The summed E-state index contributed by atoms with van der Waals surface area (Å²) in [5, 5.41) is 12.9. The van der Waals surface area contributed by atoms with Crippen LogP contribution in [0.5, 0.6) is 0 Å². The molecule has 0 bridgehead atoms. The first kappa shape index (κ1) is 16.9. The molecule has 0 amide bonds. The van der Waals surface area contributed by atoms with Crippen LogP contribution >= 0.6 is 0 Å². The largest absolute Gasteiger partial charge is 0.394 e. The Bertz CT molecular complexity index is 247. The van der Waals surface area contributed by atoms with Crippen molar-refractivity contribution < 1.29 is 9.84 Å². The van der Waals surface area contributed by atoms with E-state index < -0.39 is 0 Å². The van der Waals surface area contributed by atoms with Crippen LogP contribution in [-0.2, 0) is 4.74 Å². The minimum Gasteiger partial charge on any atom is -0.394 e. The Morgan fingerprint density at radius 2 is 2.00 bits per heavy atom. The zero-order valence-corrected chi connectivity index (χ0v) is 13.2. The SMILES string of the molecule is CCCNC(C)(CO)CCOC1CCC(C)C(C)C1. The fourth-order valence-electron chi connectivity index (χ4n) is 2.75. The Labute approximate surface area is 119 Å². The van der Waals surface area contributed by atoms with Gasteiger partial charge in [0.2, 0.25) is 0 Å². The highest BCUT2D eigenvalue weighted by molar-refractivity contribution is 4.82. The average molecular weight is 271 g/mol. The fraction of sp³-hybridized carbons (Fsp3) is 1.00. The minimum absolute atomic E-state index is 0.175. The maximum absolute atomic E-state index is 9.51. The van der Waals surface area contributed by atoms with Crippen molar-refractivity contribution in [2.45, 2.75) is 71.4 Å². The standard InChI is InChI=1S/C16H33NO2/c1-5-9-17-16(4,12-18)8-10-19-15-7-6-13(2)14(3)11-15/h13-15,17-18H,5-12H2,1-4H3. The van der Waals surface area contributed by atoms with Crippen molar-refractivity contribution in [2.24, 2.45) is 11.8 Å². The van der Waals surface area contributed by atoms with E-state index in [0.717, 1.165) is 37.8 Å². The summed E-state index contributed by atoms with van der Waals surface area (Å²) in [5.74, 6) is 1.62. The molecule has 4 unspecified atom stereocenters. The number of hydrogen-bond acceptors (Lipinski definition) is 3. The molecule has 114 valence electrons. The molecule has 1 saturated carbocycles. The van der Waals surface area contributed by atoms with Crippen LogP contribution in [0.2, 0.25) is 0 Å². The lowest BCUT2D eigenvalue weighted by Gasteiger charge is -2.33. The van der Waals surface area contributed by atoms with E-state index in [1.54, 1.807) is 0 Å². The summed E-state index contributed by atoms with van der Waals surface area (Å²) in [5.41, 5.74) is -0.191. The number of aliphatic hydroxyl groups is 1. The zero-order chi connectivity index (χ0) is 14.3. The van der Waals surface area contributed by atoms with Gasteiger partial charge in [-0.05, 0) is 57.4 Å². The molecule has 0 heterocycles. The van der Waals surface area contributed by atoms with Gasteiger partial charge >= 0.3 is 0 Å². The van der Waals surface area contributed by atoms with Gasteiger partial charge in [0.15, 0.2) is 0 Å². The van der Waals surface area contributed by atoms with Crippen LogP contribution in [0.1, 0.15) is 59.8 Å². The second kappa shape index (κ2) is 8.23. The predicted molar refractivity (Wildman–Crippen MR) is 80.3 cm³/mol. The summed E-state index contributed by atoms with van der Waals surface area (Å²) >= 11 is 0. The van der Waals surface area contributed by atoms with Gasteiger partial charge in [0.25, 0.3) is 0 Å². The van der Waals surface area contributed by atoms with Crippen LogP contribution in [-0.4, -0.2) is 36.5 Å². The molecule has 1 aliphatic carbocycles. The zero-order valence-electron chi connectivity index (χ0n) is 13.2. The molecule has 0 saturated heterocycles. The molecule has 3 nitrogen and oxygen atoms in total. The molecule has 19 heavy (non-hydrogen) atoms. The molecule has 0 aromatic heterocycles. The van der Waals surface area contributed by atoms with Crippen LogP contribution in [0, 0.1) is 11.8 Å². The second-order valence-electron chi connectivity index (χ2n) is 6.66. The van der Waals surface area contributed by atoms with E-state index in [0.29, 0.717) is 6.10 Å². The maximum Gasteiger partial charge on any atom is 0.0611 e. The molecule has 1 rings (SSSR count). The maximum atomic E-state index is 9.51. The van der Waals surface area contributed by atoms with Crippen molar-refractivity contribution in [3.63, 3.8) is 0 Å². The van der Waals surface area contributed by atoms with Gasteiger partial charge in [-0.3, -0.25) is 0 Å². The first-order valence-electron chi connectivity index (χ1n) is 7.98. The first-order chi connectivity index (χ1) is 9.00. The van der Waals surface area contributed by atoms with Crippen molar-refractivity contribution in [3.8, 4) is 0 Å². The lowest BCUT2D eigenvalue weighted by atomic mass is 9.80. The Hall–Kier alpha value is -0.120. The summed E-state index contributed by atoms with van der Waals surface area (Å²) in [6.45, 7) is 10.8. The number of aliphatic hydroxyl groups excluding tert-OH is 1. The van der Waals surface area contributed by atoms with Crippen LogP contribution in [0.25, 0.3) is 0 Å². The monoisotopic (exact) mass is 271 g/mol. The summed E-state index contributed by atoms with van der Waals surface area (Å²) in [6.07, 6.45) is 6.08. The van der Waals surface area contributed by atoms with Gasteiger partial charge in [-0.25, -0.2) is 0 Å². The van der Waals surface area contributed by atoms with Gasteiger partial charge in [-0.2, -0.15) is 0 Å². The Balaban J connectivity index is 2.25. The third kappa shape index (κ3) is 5.80. The molecule has 2 N–H and O–H groups in total. The highest BCUT2D eigenvalue weighted by atomic mass is 16.5. The van der Waals surface area contributed by atoms with Crippen molar-refractivity contribution in [1.82, 2.24) is 5.32 Å². The van der Waals surface area contributed by atoms with Gasteiger partial charge in [0.05, 0.1) is 12.7 Å². The molecular weight excluding hydrogens is 238 g/mol. The summed E-state index contributed by atoms with van der Waals surface area (Å²) in [4.78, 5) is 0. The lowest BCUT2D eigenvalue weighted by Crippen LogP contribution is -2.47. The van der Waals surface area contributed by atoms with E-state index in [2.05, 4.69) is 33.0 Å². The van der Waals surface area contributed by atoms with E-state index in [9.17, 15) is 5.11 Å².